The molecule has 1 aliphatic heterocycles. The third kappa shape index (κ3) is 3.39. The molecule has 0 unspecified atom stereocenters. The normalized spacial score (nSPS) is 16.8. The van der Waals surface area contributed by atoms with E-state index < -0.39 is 5.79 Å². The number of hydrogen-bond acceptors (Lipinski definition) is 6. The zero-order valence-electron chi connectivity index (χ0n) is 13.5. The average Bonchev–Trinajstić information content (AvgIpc) is 2.90. The molecule has 1 aliphatic rings. The van der Waals surface area contributed by atoms with Crippen molar-refractivity contribution >= 4 is 11.0 Å². The molecule has 2 aromatic rings. The number of rotatable bonds is 5. The predicted molar refractivity (Wildman–Crippen MR) is 83.7 cm³/mol. The Labute approximate surface area is 133 Å². The predicted octanol–water partition coefficient (Wildman–Crippen LogP) is 2.39. The Hall–Kier alpha value is -1.89. The molecule has 6 heteroatoms. The van der Waals surface area contributed by atoms with E-state index in [-0.39, 0.29) is 12.2 Å². The molecule has 23 heavy (non-hydrogen) atoms. The molecular formula is C17H20O6. The number of methoxy groups -OCH3 is 1. The summed E-state index contributed by atoms with van der Waals surface area (Å²) in [5.74, 6) is 0.381. The molecule has 0 aliphatic carbocycles. The first-order valence-electron chi connectivity index (χ1n) is 7.48. The zero-order chi connectivity index (χ0) is 16.4. The van der Waals surface area contributed by atoms with Crippen LogP contribution in [0.2, 0.25) is 0 Å². The second-order valence-electron chi connectivity index (χ2n) is 5.74. The number of aryl methyl sites for hydroxylation is 1. The van der Waals surface area contributed by atoms with Gasteiger partial charge in [-0.15, -0.1) is 0 Å². The van der Waals surface area contributed by atoms with E-state index in [1.165, 1.54) is 6.07 Å². The van der Waals surface area contributed by atoms with Crippen LogP contribution in [-0.4, -0.2) is 32.9 Å². The maximum Gasteiger partial charge on any atom is 0.193 e. The molecule has 1 fully saturated rings. The highest BCUT2D eigenvalue weighted by atomic mass is 16.7. The molecule has 6 nitrogen and oxygen atoms in total. The Balaban J connectivity index is 2.10. The smallest absolute Gasteiger partial charge is 0.193 e. The number of ether oxygens (including phenoxy) is 4. The second-order valence-corrected chi connectivity index (χ2v) is 5.74. The highest BCUT2D eigenvalue weighted by molar-refractivity contribution is 5.82. The van der Waals surface area contributed by atoms with Gasteiger partial charge in [0.05, 0.1) is 18.6 Å². The van der Waals surface area contributed by atoms with Gasteiger partial charge in [0.2, 0.25) is 0 Å². The topological polar surface area (TPSA) is 67.1 Å². The monoisotopic (exact) mass is 320 g/mol. The van der Waals surface area contributed by atoms with Gasteiger partial charge in [0.1, 0.15) is 17.1 Å². The van der Waals surface area contributed by atoms with Crippen molar-refractivity contribution in [1.29, 1.82) is 0 Å². The Bertz CT molecular complexity index is 758. The lowest BCUT2D eigenvalue weighted by Gasteiger charge is -2.23. The van der Waals surface area contributed by atoms with Gasteiger partial charge in [-0.2, -0.15) is 0 Å². The van der Waals surface area contributed by atoms with Gasteiger partial charge < -0.3 is 23.4 Å². The van der Waals surface area contributed by atoms with Crippen molar-refractivity contribution in [2.45, 2.75) is 26.1 Å². The van der Waals surface area contributed by atoms with E-state index in [0.29, 0.717) is 42.1 Å². The van der Waals surface area contributed by atoms with Crippen LogP contribution < -0.4 is 10.2 Å². The quantitative estimate of drug-likeness (QED) is 0.788. The average molecular weight is 320 g/mol. The van der Waals surface area contributed by atoms with E-state index >= 15 is 0 Å². The van der Waals surface area contributed by atoms with Crippen LogP contribution in [0.25, 0.3) is 11.0 Å². The summed E-state index contributed by atoms with van der Waals surface area (Å²) in [5, 5.41) is 0.528. The minimum Gasteiger partial charge on any atom is -0.467 e. The van der Waals surface area contributed by atoms with Crippen molar-refractivity contribution in [3.63, 3.8) is 0 Å². The van der Waals surface area contributed by atoms with Gasteiger partial charge in [-0.1, -0.05) is 0 Å². The first-order valence-corrected chi connectivity index (χ1v) is 7.48. The van der Waals surface area contributed by atoms with Crippen molar-refractivity contribution < 1.29 is 23.4 Å². The van der Waals surface area contributed by atoms with Crippen LogP contribution in [0.15, 0.2) is 27.4 Å². The van der Waals surface area contributed by atoms with Crippen LogP contribution in [0.3, 0.4) is 0 Å². The van der Waals surface area contributed by atoms with Crippen molar-refractivity contribution in [1.82, 2.24) is 0 Å². The molecule has 3 rings (SSSR count). The van der Waals surface area contributed by atoms with Crippen LogP contribution in [0.1, 0.15) is 18.2 Å². The summed E-state index contributed by atoms with van der Waals surface area (Å²) in [6.07, 6.45) is 0.432. The Morgan fingerprint density at radius 2 is 1.96 bits per heavy atom. The molecule has 0 N–H and O–H groups in total. The SMILES string of the molecule is COCOc1cc(CC2(C)OCCO2)c2c(=O)cc(C)oc2c1. The molecule has 1 saturated heterocycles. The first kappa shape index (κ1) is 16.0. The summed E-state index contributed by atoms with van der Waals surface area (Å²) in [5.41, 5.74) is 1.17. The summed E-state index contributed by atoms with van der Waals surface area (Å²) in [4.78, 5) is 12.4. The van der Waals surface area contributed by atoms with Crippen LogP contribution >= 0.6 is 0 Å². The fourth-order valence-corrected chi connectivity index (χ4v) is 2.82. The fourth-order valence-electron chi connectivity index (χ4n) is 2.82. The molecule has 124 valence electrons. The minimum atomic E-state index is -0.746. The van der Waals surface area contributed by atoms with Crippen molar-refractivity contribution in [3.8, 4) is 5.75 Å². The summed E-state index contributed by atoms with van der Waals surface area (Å²) in [6, 6.07) is 5.00. The van der Waals surface area contributed by atoms with Crippen molar-refractivity contribution in [2.24, 2.45) is 0 Å². The van der Waals surface area contributed by atoms with E-state index in [9.17, 15) is 4.79 Å². The van der Waals surface area contributed by atoms with Gasteiger partial charge in [0.25, 0.3) is 0 Å². The van der Waals surface area contributed by atoms with Crippen molar-refractivity contribution in [3.05, 3.63) is 39.7 Å². The van der Waals surface area contributed by atoms with Crippen LogP contribution in [0.4, 0.5) is 0 Å². The molecule has 0 saturated carbocycles. The van der Waals surface area contributed by atoms with Crippen molar-refractivity contribution in [2.75, 3.05) is 27.1 Å². The standard InChI is InChI=1S/C17H20O6/c1-11-6-14(18)16-12(9-17(2)21-4-5-22-17)7-13(20-10-19-3)8-15(16)23-11/h6-8H,4-5,9-10H2,1-3H3. The molecular weight excluding hydrogens is 300 g/mol. The molecule has 1 aromatic heterocycles. The van der Waals surface area contributed by atoms with Gasteiger partial charge in [-0.05, 0) is 25.5 Å². The molecule has 0 spiro atoms. The minimum absolute atomic E-state index is 0.0846. The summed E-state index contributed by atoms with van der Waals surface area (Å²) in [6.45, 7) is 4.81. The highest BCUT2D eigenvalue weighted by Gasteiger charge is 2.32. The number of benzene rings is 1. The molecule has 0 radical (unpaired) electrons. The van der Waals surface area contributed by atoms with Crippen LogP contribution in [-0.2, 0) is 20.6 Å². The first-order chi connectivity index (χ1) is 11.0. The Morgan fingerprint density at radius 1 is 1.22 bits per heavy atom. The summed E-state index contributed by atoms with van der Waals surface area (Å²) in [7, 11) is 1.55. The van der Waals surface area contributed by atoms with Crippen LogP contribution in [0, 0.1) is 6.92 Å². The fraction of sp³-hybridized carbons (Fsp3) is 0.471. The third-order valence-corrected chi connectivity index (χ3v) is 3.76. The third-order valence-electron chi connectivity index (χ3n) is 3.76. The molecule has 0 atom stereocenters. The van der Waals surface area contributed by atoms with E-state index in [4.69, 9.17) is 23.4 Å². The Kier molecular flexibility index (Phi) is 4.39. The summed E-state index contributed by atoms with van der Waals surface area (Å²) < 4.78 is 27.5. The van der Waals surface area contributed by atoms with E-state index in [0.717, 1.165) is 5.56 Å². The zero-order valence-corrected chi connectivity index (χ0v) is 13.5. The molecule has 0 amide bonds. The maximum atomic E-state index is 12.4. The second kappa shape index (κ2) is 6.31. The van der Waals surface area contributed by atoms with Gasteiger partial charge >= 0.3 is 0 Å². The maximum absolute atomic E-state index is 12.4. The van der Waals surface area contributed by atoms with Gasteiger partial charge in [-0.3, -0.25) is 4.79 Å². The van der Waals surface area contributed by atoms with E-state index in [1.807, 2.05) is 13.0 Å². The van der Waals surface area contributed by atoms with Gasteiger partial charge in [-0.25, -0.2) is 0 Å². The van der Waals surface area contributed by atoms with Gasteiger partial charge in [0, 0.05) is 25.7 Å². The number of hydrogen-bond donors (Lipinski definition) is 0. The lowest BCUT2D eigenvalue weighted by atomic mass is 10.0. The molecule has 2 heterocycles. The number of fused-ring (bicyclic) bond motifs is 1. The largest absolute Gasteiger partial charge is 0.467 e. The van der Waals surface area contributed by atoms with E-state index in [1.54, 1.807) is 20.1 Å². The van der Waals surface area contributed by atoms with E-state index in [2.05, 4.69) is 0 Å². The molecule has 1 aromatic carbocycles. The molecule has 0 bridgehead atoms. The lowest BCUT2D eigenvalue weighted by molar-refractivity contribution is -0.140. The van der Waals surface area contributed by atoms with Crippen LogP contribution in [0.5, 0.6) is 5.75 Å². The highest BCUT2D eigenvalue weighted by Crippen LogP contribution is 2.30. The Morgan fingerprint density at radius 3 is 2.65 bits per heavy atom. The summed E-state index contributed by atoms with van der Waals surface area (Å²) >= 11 is 0. The lowest BCUT2D eigenvalue weighted by Crippen LogP contribution is -2.29. The van der Waals surface area contributed by atoms with Gasteiger partial charge in [0.15, 0.2) is 18.0 Å².